The highest BCUT2D eigenvalue weighted by atomic mass is 16.5. The van der Waals surface area contributed by atoms with E-state index in [0.717, 1.165) is 10.8 Å². The third-order valence-corrected chi connectivity index (χ3v) is 4.14. The van der Waals surface area contributed by atoms with Crippen LogP contribution in [-0.4, -0.2) is 15.5 Å². The number of hydrogen-bond donors (Lipinski definition) is 1. The van der Waals surface area contributed by atoms with Gasteiger partial charge in [0, 0.05) is 0 Å². The lowest BCUT2D eigenvalue weighted by atomic mass is 9.85. The standard InChI is InChI=1S/C15H17N4O2/c1-9-12-13(15(2,3)14(16)20)17-8-18(12)10-6-4-5-7-11(10)19(9)21/h4-9H,1-3H3,(H2,16,20)/q-1. The molecule has 6 nitrogen and oxygen atoms in total. The van der Waals surface area contributed by atoms with Crippen LogP contribution in [0, 0.1) is 5.21 Å². The van der Waals surface area contributed by atoms with E-state index in [0.29, 0.717) is 17.1 Å². The number of hydroxylamine groups is 1. The predicted octanol–water partition coefficient (Wildman–Crippen LogP) is 2.01. The number of hydrogen-bond acceptors (Lipinski definition) is 4. The molecule has 1 amide bonds. The molecule has 1 aliphatic heterocycles. The van der Waals surface area contributed by atoms with E-state index in [1.165, 1.54) is 0 Å². The number of para-hydroxylation sites is 2. The molecule has 1 atom stereocenters. The summed E-state index contributed by atoms with van der Waals surface area (Å²) in [6.45, 7) is 5.25. The first-order valence-electron chi connectivity index (χ1n) is 6.79. The Hall–Kier alpha value is -2.34. The number of primary amides is 1. The van der Waals surface area contributed by atoms with Crippen molar-refractivity contribution in [2.75, 3.05) is 5.06 Å². The number of anilines is 1. The molecular weight excluding hydrogens is 268 g/mol. The summed E-state index contributed by atoms with van der Waals surface area (Å²) in [5.41, 5.74) is 7.19. The summed E-state index contributed by atoms with van der Waals surface area (Å²) in [6, 6.07) is 6.90. The van der Waals surface area contributed by atoms with Gasteiger partial charge in [-0.2, -0.15) is 0 Å². The highest BCUT2D eigenvalue weighted by molar-refractivity contribution is 5.86. The number of nitrogens with two attached hydrogens (primary N) is 1. The molecule has 3 rings (SSSR count). The van der Waals surface area contributed by atoms with E-state index in [1.54, 1.807) is 33.2 Å². The molecule has 2 N–H and O–H groups in total. The molecule has 21 heavy (non-hydrogen) atoms. The second kappa shape index (κ2) is 4.33. The van der Waals surface area contributed by atoms with E-state index in [4.69, 9.17) is 5.73 Å². The quantitative estimate of drug-likeness (QED) is 0.914. The average molecular weight is 285 g/mol. The largest absolute Gasteiger partial charge is 0.758 e. The molecule has 0 bridgehead atoms. The fourth-order valence-corrected chi connectivity index (χ4v) is 2.72. The maximum atomic E-state index is 12.5. The van der Waals surface area contributed by atoms with Crippen LogP contribution in [-0.2, 0) is 10.2 Å². The van der Waals surface area contributed by atoms with Crippen molar-refractivity contribution in [2.24, 2.45) is 5.73 Å². The lowest BCUT2D eigenvalue weighted by molar-refractivity contribution is -0.122. The van der Waals surface area contributed by atoms with E-state index in [-0.39, 0.29) is 0 Å². The van der Waals surface area contributed by atoms with Crippen LogP contribution in [0.3, 0.4) is 0 Å². The van der Waals surface area contributed by atoms with E-state index in [1.807, 2.05) is 22.8 Å². The third-order valence-electron chi connectivity index (χ3n) is 4.14. The summed E-state index contributed by atoms with van der Waals surface area (Å²) < 4.78 is 1.87. The van der Waals surface area contributed by atoms with Crippen LogP contribution >= 0.6 is 0 Å². The van der Waals surface area contributed by atoms with Crippen LogP contribution in [0.5, 0.6) is 0 Å². The Balaban J connectivity index is 2.27. The Labute approximate surface area is 122 Å². The van der Waals surface area contributed by atoms with E-state index in [9.17, 15) is 10.0 Å². The van der Waals surface area contributed by atoms with Gasteiger partial charge in [-0.3, -0.25) is 9.36 Å². The van der Waals surface area contributed by atoms with Gasteiger partial charge in [0.2, 0.25) is 5.91 Å². The van der Waals surface area contributed by atoms with Crippen molar-refractivity contribution >= 4 is 11.6 Å². The number of aromatic nitrogens is 2. The van der Waals surface area contributed by atoms with Crippen LogP contribution < -0.4 is 10.8 Å². The van der Waals surface area contributed by atoms with Gasteiger partial charge in [-0.15, -0.1) is 0 Å². The molecule has 0 saturated carbocycles. The zero-order valence-corrected chi connectivity index (χ0v) is 12.2. The Morgan fingerprint density at radius 3 is 2.57 bits per heavy atom. The van der Waals surface area contributed by atoms with Gasteiger partial charge >= 0.3 is 0 Å². The second-order valence-electron chi connectivity index (χ2n) is 5.83. The molecule has 0 radical (unpaired) electrons. The summed E-state index contributed by atoms with van der Waals surface area (Å²) in [5, 5.41) is 13.4. The first-order valence-corrected chi connectivity index (χ1v) is 6.79. The van der Waals surface area contributed by atoms with E-state index < -0.39 is 17.4 Å². The molecule has 0 aliphatic carbocycles. The van der Waals surface area contributed by atoms with Crippen molar-refractivity contribution < 1.29 is 4.79 Å². The number of benzene rings is 1. The molecule has 110 valence electrons. The van der Waals surface area contributed by atoms with Crippen molar-refractivity contribution in [2.45, 2.75) is 32.2 Å². The van der Waals surface area contributed by atoms with Gasteiger partial charge in [-0.25, -0.2) is 4.98 Å². The van der Waals surface area contributed by atoms with Crippen molar-refractivity contribution in [1.29, 1.82) is 0 Å². The number of fused-ring (bicyclic) bond motifs is 3. The first kappa shape index (κ1) is 13.6. The van der Waals surface area contributed by atoms with Crippen molar-refractivity contribution in [3.8, 4) is 5.69 Å². The fourth-order valence-electron chi connectivity index (χ4n) is 2.72. The highest BCUT2D eigenvalue weighted by Crippen LogP contribution is 2.41. The summed E-state index contributed by atoms with van der Waals surface area (Å²) >= 11 is 0. The summed E-state index contributed by atoms with van der Waals surface area (Å²) in [4.78, 5) is 16.1. The number of carbonyl (C=O) groups is 1. The molecule has 6 heteroatoms. The van der Waals surface area contributed by atoms with Gasteiger partial charge in [0.15, 0.2) is 0 Å². The topological polar surface area (TPSA) is 87.2 Å². The normalized spacial score (nSPS) is 17.3. The zero-order chi connectivity index (χ0) is 15.4. The van der Waals surface area contributed by atoms with Gasteiger partial charge in [0.05, 0.1) is 40.5 Å². The van der Waals surface area contributed by atoms with Crippen LogP contribution in [0.25, 0.3) is 5.69 Å². The third kappa shape index (κ3) is 1.76. The summed E-state index contributed by atoms with van der Waals surface area (Å²) in [6.07, 6.45) is 1.65. The van der Waals surface area contributed by atoms with Crippen molar-refractivity contribution in [1.82, 2.24) is 9.55 Å². The van der Waals surface area contributed by atoms with Crippen molar-refractivity contribution in [3.05, 3.63) is 47.2 Å². The molecule has 1 aromatic carbocycles. The SMILES string of the molecule is CC1c2c(C(C)(C)C(N)=O)ncn2-c2ccccc2N1[O-]. The molecule has 2 heterocycles. The number of amides is 1. The summed E-state index contributed by atoms with van der Waals surface area (Å²) in [7, 11) is 0. The minimum absolute atomic E-state index is 0.434. The Bertz CT molecular complexity index is 720. The first-order chi connectivity index (χ1) is 9.85. The van der Waals surface area contributed by atoms with Crippen LogP contribution in [0.15, 0.2) is 30.6 Å². The van der Waals surface area contributed by atoms with Crippen LogP contribution in [0.4, 0.5) is 5.69 Å². The smallest absolute Gasteiger partial charge is 0.229 e. The highest BCUT2D eigenvalue weighted by Gasteiger charge is 2.37. The fraction of sp³-hybridized carbons (Fsp3) is 0.333. The van der Waals surface area contributed by atoms with Gasteiger partial charge in [0.25, 0.3) is 0 Å². The average Bonchev–Trinajstić information content (AvgIpc) is 2.90. The molecule has 0 fully saturated rings. The molecule has 0 spiro atoms. The Morgan fingerprint density at radius 2 is 1.95 bits per heavy atom. The molecular formula is C15H17N4O2-. The van der Waals surface area contributed by atoms with Gasteiger partial charge in [-0.05, 0) is 32.9 Å². The zero-order valence-electron chi connectivity index (χ0n) is 12.2. The minimum Gasteiger partial charge on any atom is -0.758 e. The lowest BCUT2D eigenvalue weighted by Crippen LogP contribution is -2.38. The predicted molar refractivity (Wildman–Crippen MR) is 80.0 cm³/mol. The van der Waals surface area contributed by atoms with E-state index >= 15 is 0 Å². The Kier molecular flexibility index (Phi) is 2.81. The number of imidazole rings is 1. The van der Waals surface area contributed by atoms with E-state index in [2.05, 4.69) is 4.98 Å². The monoisotopic (exact) mass is 285 g/mol. The summed E-state index contributed by atoms with van der Waals surface area (Å²) in [5.74, 6) is -0.465. The maximum absolute atomic E-state index is 12.5. The molecule has 0 saturated heterocycles. The van der Waals surface area contributed by atoms with Crippen molar-refractivity contribution in [3.63, 3.8) is 0 Å². The Morgan fingerprint density at radius 1 is 1.33 bits per heavy atom. The maximum Gasteiger partial charge on any atom is 0.229 e. The minimum atomic E-state index is -0.929. The van der Waals surface area contributed by atoms with Crippen LogP contribution in [0.2, 0.25) is 0 Å². The van der Waals surface area contributed by atoms with Gasteiger partial charge < -0.3 is 16.0 Å². The second-order valence-corrected chi connectivity index (χ2v) is 5.83. The molecule has 1 aliphatic rings. The lowest BCUT2D eigenvalue weighted by Gasteiger charge is -2.43. The molecule has 1 aromatic heterocycles. The number of nitrogens with zero attached hydrogens (tertiary/aromatic N) is 3. The number of carbonyl (C=O) groups excluding carboxylic acids is 1. The van der Waals surface area contributed by atoms with Crippen LogP contribution in [0.1, 0.15) is 38.2 Å². The molecule has 1 unspecified atom stereocenters. The van der Waals surface area contributed by atoms with Gasteiger partial charge in [-0.1, -0.05) is 12.1 Å². The number of rotatable bonds is 2. The van der Waals surface area contributed by atoms with Gasteiger partial charge in [0.1, 0.15) is 0 Å². The molecule has 2 aromatic rings.